The van der Waals surface area contributed by atoms with Gasteiger partial charge in [0.2, 0.25) is 17.8 Å². The smallest absolute Gasteiger partial charge is 0.250 e. The minimum absolute atomic E-state index is 0.424. The lowest BCUT2D eigenvalue weighted by Crippen LogP contribution is -2.34. The van der Waals surface area contributed by atoms with Crippen LogP contribution in [-0.4, -0.2) is 60.6 Å². The maximum absolute atomic E-state index is 5.72. The van der Waals surface area contributed by atoms with Crippen molar-refractivity contribution in [1.82, 2.24) is 15.0 Å². The lowest BCUT2D eigenvalue weighted by atomic mass is 10.1. The summed E-state index contributed by atoms with van der Waals surface area (Å²) in [5, 5.41) is 4.40. The normalized spacial score (nSPS) is 16.5. The number of ether oxygens (including phenoxy) is 2. The number of aromatic nitrogens is 3. The van der Waals surface area contributed by atoms with E-state index >= 15 is 0 Å². The minimum Gasteiger partial charge on any atom is -0.490 e. The summed E-state index contributed by atoms with van der Waals surface area (Å²) in [4.78, 5) is 18.7. The molecule has 3 heterocycles. The van der Waals surface area contributed by atoms with Gasteiger partial charge >= 0.3 is 0 Å². The second-order valence-electron chi connectivity index (χ2n) is 8.46. The van der Waals surface area contributed by atoms with Crippen LogP contribution in [0.1, 0.15) is 51.0 Å². The zero-order valence-electron chi connectivity index (χ0n) is 20.1. The van der Waals surface area contributed by atoms with Crippen molar-refractivity contribution in [2.75, 3.05) is 54.6 Å². The van der Waals surface area contributed by atoms with Gasteiger partial charge in [-0.1, -0.05) is 12.7 Å². The van der Waals surface area contributed by atoms with E-state index in [1.165, 1.54) is 38.5 Å². The van der Waals surface area contributed by atoms with Crippen LogP contribution in [0.5, 0.6) is 11.5 Å². The first kappa shape index (κ1) is 23.8. The summed E-state index contributed by atoms with van der Waals surface area (Å²) in [6, 6.07) is 5.71. The van der Waals surface area contributed by atoms with Gasteiger partial charge in [-0.25, -0.2) is 5.43 Å². The van der Waals surface area contributed by atoms with Gasteiger partial charge in [-0.05, 0) is 69.2 Å². The van der Waals surface area contributed by atoms with Crippen LogP contribution in [0, 0.1) is 0 Å². The Hall–Kier alpha value is -3.36. The summed E-state index contributed by atoms with van der Waals surface area (Å²) in [5.41, 5.74) is 3.90. The van der Waals surface area contributed by atoms with Crippen molar-refractivity contribution in [3.05, 3.63) is 36.4 Å². The molecule has 0 radical (unpaired) electrons. The first-order valence-corrected chi connectivity index (χ1v) is 12.3. The molecule has 0 aliphatic carbocycles. The maximum atomic E-state index is 5.72. The second kappa shape index (κ2) is 12.2. The van der Waals surface area contributed by atoms with Crippen LogP contribution in [0.4, 0.5) is 17.8 Å². The number of hydrogen-bond acceptors (Lipinski definition) is 9. The fraction of sp³-hybridized carbons (Fsp3) is 0.520. The standard InChI is InChI=1S/C25H35N7O2/c1-3-17-34-21-12-11-20(18-22(21)33-4-2)19-26-30-23-27-24(31-13-7-5-8-14-31)29-25(28-23)32-15-9-6-10-16-32/h3,11-12,18-19H,1,4-10,13-17H2,2H3,(H,27,28,29,30). The van der Waals surface area contributed by atoms with Gasteiger partial charge in [-0.15, -0.1) is 0 Å². The van der Waals surface area contributed by atoms with E-state index in [2.05, 4.69) is 36.9 Å². The van der Waals surface area contributed by atoms with Gasteiger partial charge in [-0.2, -0.15) is 20.1 Å². The summed E-state index contributed by atoms with van der Waals surface area (Å²) in [6.07, 6.45) is 10.6. The molecule has 1 aromatic heterocycles. The van der Waals surface area contributed by atoms with E-state index in [0.29, 0.717) is 30.7 Å². The van der Waals surface area contributed by atoms with Gasteiger partial charge in [0, 0.05) is 26.2 Å². The third-order valence-corrected chi connectivity index (χ3v) is 5.89. The zero-order chi connectivity index (χ0) is 23.6. The molecule has 2 aliphatic heterocycles. The highest BCUT2D eigenvalue weighted by atomic mass is 16.5. The molecule has 2 aliphatic rings. The number of hydrazone groups is 1. The molecule has 9 heteroatoms. The Balaban J connectivity index is 1.51. The third-order valence-electron chi connectivity index (χ3n) is 5.89. The van der Waals surface area contributed by atoms with Crippen molar-refractivity contribution < 1.29 is 9.47 Å². The van der Waals surface area contributed by atoms with Crippen molar-refractivity contribution in [1.29, 1.82) is 0 Å². The van der Waals surface area contributed by atoms with Crippen molar-refractivity contribution in [2.24, 2.45) is 5.10 Å². The van der Waals surface area contributed by atoms with Crippen LogP contribution in [0.2, 0.25) is 0 Å². The Labute approximate surface area is 201 Å². The molecule has 0 unspecified atom stereocenters. The predicted octanol–water partition coefficient (Wildman–Crippen LogP) is 4.26. The van der Waals surface area contributed by atoms with Crippen LogP contribution in [0.15, 0.2) is 36.0 Å². The van der Waals surface area contributed by atoms with Gasteiger partial charge in [0.05, 0.1) is 12.8 Å². The van der Waals surface area contributed by atoms with Crippen molar-refractivity contribution >= 4 is 24.1 Å². The molecule has 2 saturated heterocycles. The molecule has 34 heavy (non-hydrogen) atoms. The largest absolute Gasteiger partial charge is 0.490 e. The Morgan fingerprint density at radius 3 is 2.15 bits per heavy atom. The summed E-state index contributed by atoms with van der Waals surface area (Å²) in [5.74, 6) is 3.28. The average Bonchev–Trinajstić information content (AvgIpc) is 2.89. The minimum atomic E-state index is 0.424. The number of anilines is 3. The van der Waals surface area contributed by atoms with Crippen LogP contribution in [-0.2, 0) is 0 Å². The van der Waals surface area contributed by atoms with E-state index < -0.39 is 0 Å². The van der Waals surface area contributed by atoms with Crippen molar-refractivity contribution in [3.63, 3.8) is 0 Å². The molecule has 0 saturated carbocycles. The van der Waals surface area contributed by atoms with E-state index in [4.69, 9.17) is 14.5 Å². The number of piperidine rings is 2. The summed E-state index contributed by atoms with van der Waals surface area (Å²) in [6.45, 7) is 10.5. The van der Waals surface area contributed by atoms with Crippen LogP contribution >= 0.6 is 0 Å². The highest BCUT2D eigenvalue weighted by Gasteiger charge is 2.20. The molecular formula is C25H35N7O2. The molecule has 9 nitrogen and oxygen atoms in total. The first-order chi connectivity index (χ1) is 16.8. The number of rotatable bonds is 10. The van der Waals surface area contributed by atoms with Crippen LogP contribution in [0.25, 0.3) is 0 Å². The molecule has 2 fully saturated rings. The van der Waals surface area contributed by atoms with Crippen molar-refractivity contribution in [3.8, 4) is 11.5 Å². The summed E-state index contributed by atoms with van der Waals surface area (Å²) >= 11 is 0. The molecule has 0 spiro atoms. The van der Waals surface area contributed by atoms with E-state index in [9.17, 15) is 0 Å². The van der Waals surface area contributed by atoms with E-state index in [0.717, 1.165) is 43.6 Å². The molecule has 2 aromatic rings. The van der Waals surface area contributed by atoms with E-state index in [-0.39, 0.29) is 0 Å². The van der Waals surface area contributed by atoms with Gasteiger partial charge in [0.15, 0.2) is 11.5 Å². The SMILES string of the molecule is C=CCOc1ccc(C=NNc2nc(N3CCCCC3)nc(N3CCCCC3)n2)cc1OCC. The topological polar surface area (TPSA) is 88.0 Å². The molecular weight excluding hydrogens is 430 g/mol. The quantitative estimate of drug-likeness (QED) is 0.316. The second-order valence-corrected chi connectivity index (χ2v) is 8.46. The fourth-order valence-corrected chi connectivity index (χ4v) is 4.18. The zero-order valence-corrected chi connectivity index (χ0v) is 20.1. The molecule has 182 valence electrons. The predicted molar refractivity (Wildman–Crippen MR) is 136 cm³/mol. The first-order valence-electron chi connectivity index (χ1n) is 12.3. The lowest BCUT2D eigenvalue weighted by molar-refractivity contribution is 0.297. The molecule has 1 aromatic carbocycles. The van der Waals surface area contributed by atoms with Gasteiger partial charge in [-0.3, -0.25) is 0 Å². The Kier molecular flexibility index (Phi) is 8.54. The van der Waals surface area contributed by atoms with Gasteiger partial charge in [0.25, 0.3) is 0 Å². The monoisotopic (exact) mass is 465 g/mol. The van der Waals surface area contributed by atoms with Crippen molar-refractivity contribution in [2.45, 2.75) is 45.4 Å². The number of nitrogens with zero attached hydrogens (tertiary/aromatic N) is 6. The Bertz CT molecular complexity index is 933. The lowest BCUT2D eigenvalue weighted by Gasteiger charge is -2.30. The maximum Gasteiger partial charge on any atom is 0.250 e. The number of benzene rings is 1. The Morgan fingerprint density at radius 2 is 1.56 bits per heavy atom. The highest BCUT2D eigenvalue weighted by Crippen LogP contribution is 2.28. The number of nitrogens with one attached hydrogen (secondary N) is 1. The molecule has 0 amide bonds. The summed E-state index contributed by atoms with van der Waals surface area (Å²) < 4.78 is 11.4. The third kappa shape index (κ3) is 6.36. The fourth-order valence-electron chi connectivity index (χ4n) is 4.18. The van der Waals surface area contributed by atoms with E-state index in [1.54, 1.807) is 12.3 Å². The van der Waals surface area contributed by atoms with Crippen LogP contribution in [0.3, 0.4) is 0 Å². The van der Waals surface area contributed by atoms with E-state index in [1.807, 2.05) is 25.1 Å². The average molecular weight is 466 g/mol. The highest BCUT2D eigenvalue weighted by molar-refractivity contribution is 5.81. The molecule has 0 atom stereocenters. The van der Waals surface area contributed by atoms with Gasteiger partial charge < -0.3 is 19.3 Å². The molecule has 1 N–H and O–H groups in total. The molecule has 4 rings (SSSR count). The number of hydrogen-bond donors (Lipinski definition) is 1. The van der Waals surface area contributed by atoms with Crippen LogP contribution < -0.4 is 24.7 Å². The van der Waals surface area contributed by atoms with Gasteiger partial charge in [0.1, 0.15) is 6.61 Å². The molecule has 0 bridgehead atoms. The summed E-state index contributed by atoms with van der Waals surface area (Å²) in [7, 11) is 0. The Morgan fingerprint density at radius 1 is 0.912 bits per heavy atom.